The summed E-state index contributed by atoms with van der Waals surface area (Å²) in [6.45, 7) is 14.0. The fourth-order valence-electron chi connectivity index (χ4n) is 3.25. The Morgan fingerprint density at radius 3 is 1.24 bits per heavy atom. The molecule has 0 spiro atoms. The monoisotopic (exact) mass is 568 g/mol. The van der Waals surface area contributed by atoms with E-state index in [-0.39, 0.29) is 7.43 Å². The summed E-state index contributed by atoms with van der Waals surface area (Å²) < 4.78 is 9.93. The molecule has 0 aliphatic heterocycles. The second-order valence-electron chi connectivity index (χ2n) is 9.31. The first-order chi connectivity index (χ1) is 19.6. The summed E-state index contributed by atoms with van der Waals surface area (Å²) in [5, 5.41) is 0. The predicted molar refractivity (Wildman–Crippen MR) is 176 cm³/mol. The summed E-state index contributed by atoms with van der Waals surface area (Å²) in [5.74, 6) is 1.38. The van der Waals surface area contributed by atoms with Gasteiger partial charge in [-0.25, -0.2) is 9.97 Å². The summed E-state index contributed by atoms with van der Waals surface area (Å²) in [5.41, 5.74) is 7.97. The molecule has 0 aliphatic rings. The number of aromatic nitrogens is 4. The van der Waals surface area contributed by atoms with Crippen molar-refractivity contribution in [3.8, 4) is 11.8 Å². The highest BCUT2D eigenvalue weighted by Crippen LogP contribution is 2.10. The molecule has 0 unspecified atom stereocenters. The third-order valence-corrected chi connectivity index (χ3v) is 5.13. The molecule has 4 aromatic heterocycles. The molecule has 0 saturated heterocycles. The maximum Gasteiger partial charge on any atom is 0.213 e. The lowest BCUT2D eigenvalue weighted by molar-refractivity contribution is 0.396. The molecule has 5 rings (SSSR count). The van der Waals surface area contributed by atoms with Gasteiger partial charge in [0.05, 0.1) is 14.2 Å². The first-order valence-corrected chi connectivity index (χ1v) is 13.4. The molecule has 4 heterocycles. The minimum Gasteiger partial charge on any atom is -0.481 e. The van der Waals surface area contributed by atoms with Crippen molar-refractivity contribution < 1.29 is 9.47 Å². The van der Waals surface area contributed by atoms with Gasteiger partial charge in [-0.05, 0) is 95.5 Å². The van der Waals surface area contributed by atoms with Crippen LogP contribution in [0.5, 0.6) is 11.8 Å². The number of ether oxygens (including phenoxy) is 2. The van der Waals surface area contributed by atoms with E-state index in [2.05, 4.69) is 39.0 Å². The van der Waals surface area contributed by atoms with Gasteiger partial charge in [-0.2, -0.15) is 0 Å². The van der Waals surface area contributed by atoms with Crippen molar-refractivity contribution in [3.63, 3.8) is 0 Å². The van der Waals surface area contributed by atoms with E-state index in [0.29, 0.717) is 11.8 Å². The molecule has 6 heteroatoms. The Labute approximate surface area is 253 Å². The van der Waals surface area contributed by atoms with Gasteiger partial charge in [0.15, 0.2) is 0 Å². The lowest BCUT2D eigenvalue weighted by atomic mass is 10.2. The van der Waals surface area contributed by atoms with E-state index in [0.717, 1.165) is 17.1 Å². The minimum atomic E-state index is 0. The molecule has 0 radical (unpaired) electrons. The number of nitrogens with zero attached hydrogens (tertiary/aromatic N) is 4. The fourth-order valence-corrected chi connectivity index (χ4v) is 3.25. The molecule has 224 valence electrons. The number of pyridine rings is 4. The third kappa shape index (κ3) is 18.7. The smallest absolute Gasteiger partial charge is 0.213 e. The lowest BCUT2D eigenvalue weighted by Gasteiger charge is -2.00. The normalized spacial score (nSPS) is 8.88. The minimum absolute atomic E-state index is 0. The number of hydrogen-bond acceptors (Lipinski definition) is 6. The zero-order chi connectivity index (χ0) is 30.5. The van der Waals surface area contributed by atoms with E-state index in [1.807, 2.05) is 121 Å². The number of aryl methyl sites for hydroxylation is 7. The number of benzene rings is 1. The van der Waals surface area contributed by atoms with Crippen LogP contribution in [0.15, 0.2) is 104 Å². The Morgan fingerprint density at radius 1 is 0.476 bits per heavy atom. The number of rotatable bonds is 2. The molecule has 42 heavy (non-hydrogen) atoms. The van der Waals surface area contributed by atoms with Crippen LogP contribution in [0.25, 0.3) is 0 Å². The Morgan fingerprint density at radius 2 is 0.976 bits per heavy atom. The van der Waals surface area contributed by atoms with E-state index in [1.165, 1.54) is 22.3 Å². The Balaban J connectivity index is 0.000000502. The van der Waals surface area contributed by atoms with Gasteiger partial charge in [0.2, 0.25) is 11.8 Å². The zero-order valence-corrected chi connectivity index (χ0v) is 25.9. The number of methoxy groups -OCH3 is 2. The maximum atomic E-state index is 4.96. The SMILES string of the molecule is C.COc1cc(C)cc(C)n1.COc1cc(C)cc(C)n1.Cc1ccccc1.Cc1ccccn1.Cc1cccnc1. The molecular weight excluding hydrogens is 520 g/mol. The summed E-state index contributed by atoms with van der Waals surface area (Å²) in [7, 11) is 3.25. The molecule has 0 aliphatic carbocycles. The average molecular weight is 569 g/mol. The summed E-state index contributed by atoms with van der Waals surface area (Å²) in [4.78, 5) is 16.1. The van der Waals surface area contributed by atoms with Gasteiger partial charge in [0, 0.05) is 47.8 Å². The first kappa shape index (κ1) is 37.4. The topological polar surface area (TPSA) is 70.0 Å². The van der Waals surface area contributed by atoms with Crippen molar-refractivity contribution in [3.05, 3.63) is 143 Å². The van der Waals surface area contributed by atoms with Crippen molar-refractivity contribution >= 4 is 0 Å². The van der Waals surface area contributed by atoms with Gasteiger partial charge in [0.25, 0.3) is 0 Å². The zero-order valence-electron chi connectivity index (χ0n) is 25.9. The van der Waals surface area contributed by atoms with E-state index in [1.54, 1.807) is 26.6 Å². The molecule has 6 nitrogen and oxygen atoms in total. The maximum absolute atomic E-state index is 4.96. The summed E-state index contributed by atoms with van der Waals surface area (Å²) in [6.07, 6.45) is 5.39. The lowest BCUT2D eigenvalue weighted by Crippen LogP contribution is -1.90. The van der Waals surface area contributed by atoms with Gasteiger partial charge in [-0.15, -0.1) is 0 Å². The van der Waals surface area contributed by atoms with Crippen LogP contribution in [0, 0.1) is 48.5 Å². The van der Waals surface area contributed by atoms with Gasteiger partial charge >= 0.3 is 0 Å². The van der Waals surface area contributed by atoms with Crippen molar-refractivity contribution in [1.29, 1.82) is 0 Å². The van der Waals surface area contributed by atoms with Gasteiger partial charge in [0.1, 0.15) is 0 Å². The molecule has 0 bridgehead atoms. The van der Waals surface area contributed by atoms with Crippen LogP contribution in [-0.4, -0.2) is 34.2 Å². The van der Waals surface area contributed by atoms with E-state index < -0.39 is 0 Å². The Kier molecular flexibility index (Phi) is 19.7. The molecule has 1 aromatic carbocycles. The van der Waals surface area contributed by atoms with Gasteiger partial charge < -0.3 is 9.47 Å². The molecular formula is C36H48N4O2. The van der Waals surface area contributed by atoms with Crippen LogP contribution in [0.4, 0.5) is 0 Å². The van der Waals surface area contributed by atoms with Crippen molar-refractivity contribution in [1.82, 2.24) is 19.9 Å². The second kappa shape index (κ2) is 22.1. The van der Waals surface area contributed by atoms with Gasteiger partial charge in [-0.3, -0.25) is 9.97 Å². The highest BCUT2D eigenvalue weighted by molar-refractivity contribution is 5.23. The largest absolute Gasteiger partial charge is 0.481 e. The van der Waals surface area contributed by atoms with Crippen molar-refractivity contribution in [2.45, 2.75) is 55.9 Å². The van der Waals surface area contributed by atoms with E-state index >= 15 is 0 Å². The predicted octanol–water partition coefficient (Wildman–Crippen LogP) is 8.83. The van der Waals surface area contributed by atoms with Crippen molar-refractivity contribution in [2.24, 2.45) is 0 Å². The molecule has 5 aromatic rings. The number of hydrogen-bond donors (Lipinski definition) is 0. The standard InChI is InChI=1S/2C8H11NO.C7H8.2C6H7N.CH4/c2*1-6-4-7(2)9-8(5-6)10-3;1-7-5-3-2-4-6-7;1-6-3-2-4-7-5-6;1-6-4-2-3-5-7-6;/h2*4-5H,1-3H3;2-6H,1H3;2*2-5H,1H3;1H4. The van der Waals surface area contributed by atoms with Gasteiger partial charge in [-0.1, -0.05) is 55.5 Å². The molecule has 0 saturated carbocycles. The van der Waals surface area contributed by atoms with Crippen LogP contribution in [0.1, 0.15) is 46.8 Å². The van der Waals surface area contributed by atoms with Crippen molar-refractivity contribution in [2.75, 3.05) is 14.2 Å². The van der Waals surface area contributed by atoms with Crippen LogP contribution in [0.3, 0.4) is 0 Å². The van der Waals surface area contributed by atoms with Crippen LogP contribution < -0.4 is 9.47 Å². The Bertz CT molecular complexity index is 1180. The Hall–Kier alpha value is -4.58. The van der Waals surface area contributed by atoms with Crippen LogP contribution in [-0.2, 0) is 0 Å². The third-order valence-electron chi connectivity index (χ3n) is 5.13. The molecule has 0 N–H and O–H groups in total. The molecule has 0 atom stereocenters. The van der Waals surface area contributed by atoms with Crippen LogP contribution >= 0.6 is 0 Å². The summed E-state index contributed by atoms with van der Waals surface area (Å²) in [6, 6.07) is 27.9. The summed E-state index contributed by atoms with van der Waals surface area (Å²) >= 11 is 0. The second-order valence-corrected chi connectivity index (χ2v) is 9.31. The quantitative estimate of drug-likeness (QED) is 0.212. The van der Waals surface area contributed by atoms with E-state index in [4.69, 9.17) is 9.47 Å². The van der Waals surface area contributed by atoms with Crippen LogP contribution in [0.2, 0.25) is 0 Å². The highest BCUT2D eigenvalue weighted by Gasteiger charge is 1.94. The molecule has 0 amide bonds. The highest BCUT2D eigenvalue weighted by atomic mass is 16.5. The van der Waals surface area contributed by atoms with E-state index in [9.17, 15) is 0 Å². The average Bonchev–Trinajstić information content (AvgIpc) is 2.95. The fraction of sp³-hybridized carbons (Fsp3) is 0.278. The first-order valence-electron chi connectivity index (χ1n) is 13.4. The molecule has 0 fully saturated rings.